The van der Waals surface area contributed by atoms with Crippen molar-refractivity contribution < 1.29 is 9.90 Å². The van der Waals surface area contributed by atoms with Crippen LogP contribution in [0.2, 0.25) is 0 Å². The van der Waals surface area contributed by atoms with Gasteiger partial charge in [0.15, 0.2) is 0 Å². The number of carboxylic acids is 1. The highest BCUT2D eigenvalue weighted by Crippen LogP contribution is 2.64. The molecule has 1 aliphatic rings. The van der Waals surface area contributed by atoms with Crippen LogP contribution in [0.3, 0.4) is 0 Å². The van der Waals surface area contributed by atoms with Gasteiger partial charge in [0.05, 0.1) is 17.6 Å². The van der Waals surface area contributed by atoms with E-state index in [0.717, 1.165) is 11.1 Å². The second-order valence-corrected chi connectivity index (χ2v) is 5.25. The van der Waals surface area contributed by atoms with Crippen LogP contribution in [0.5, 0.6) is 0 Å². The Kier molecular flexibility index (Phi) is 1.88. The number of nitrogens with zero attached hydrogens (tertiary/aromatic N) is 2. The van der Waals surface area contributed by atoms with Crippen LogP contribution >= 0.6 is 0 Å². The van der Waals surface area contributed by atoms with E-state index in [-0.39, 0.29) is 17.3 Å². The fourth-order valence-electron chi connectivity index (χ4n) is 2.87. The van der Waals surface area contributed by atoms with Crippen LogP contribution in [0, 0.1) is 11.3 Å². The summed E-state index contributed by atoms with van der Waals surface area (Å²) in [5.74, 6) is -0.939. The molecule has 0 bridgehead atoms. The van der Waals surface area contributed by atoms with Gasteiger partial charge in [-0.2, -0.15) is 5.10 Å². The third-order valence-corrected chi connectivity index (χ3v) is 3.88. The molecule has 0 aliphatic heterocycles. The van der Waals surface area contributed by atoms with E-state index in [4.69, 9.17) is 0 Å². The van der Waals surface area contributed by atoms with Gasteiger partial charge >= 0.3 is 5.97 Å². The number of carbonyl (C=O) groups is 1. The zero-order valence-corrected chi connectivity index (χ0v) is 9.79. The van der Waals surface area contributed by atoms with E-state index >= 15 is 0 Å². The molecule has 0 saturated heterocycles. The molecule has 1 saturated carbocycles. The van der Waals surface area contributed by atoms with Crippen molar-refractivity contribution in [1.29, 1.82) is 0 Å². The van der Waals surface area contributed by atoms with Gasteiger partial charge in [-0.1, -0.05) is 19.9 Å². The summed E-state index contributed by atoms with van der Waals surface area (Å²) in [5, 5.41) is 13.5. The Labute approximate surface area is 98.9 Å². The number of rotatable bonds is 2. The summed E-state index contributed by atoms with van der Waals surface area (Å²) < 4.78 is 1.79. The molecule has 2 heterocycles. The van der Waals surface area contributed by atoms with Crippen molar-refractivity contribution in [3.63, 3.8) is 0 Å². The van der Waals surface area contributed by atoms with Gasteiger partial charge in [-0.3, -0.25) is 4.79 Å². The van der Waals surface area contributed by atoms with Crippen molar-refractivity contribution >= 4 is 11.5 Å². The van der Waals surface area contributed by atoms with E-state index in [0.29, 0.717) is 0 Å². The molecular formula is C13H14N2O2. The van der Waals surface area contributed by atoms with Crippen molar-refractivity contribution in [1.82, 2.24) is 9.61 Å². The average molecular weight is 230 g/mol. The molecule has 0 amide bonds. The molecule has 1 aliphatic carbocycles. The van der Waals surface area contributed by atoms with Crippen LogP contribution in [0.15, 0.2) is 30.6 Å². The number of pyridine rings is 1. The summed E-state index contributed by atoms with van der Waals surface area (Å²) in [6.07, 6.45) is 3.68. The Morgan fingerprint density at radius 2 is 2.24 bits per heavy atom. The minimum Gasteiger partial charge on any atom is -0.481 e. The lowest BCUT2D eigenvalue weighted by atomic mass is 10.0. The van der Waals surface area contributed by atoms with Crippen LogP contribution in [-0.2, 0) is 4.79 Å². The van der Waals surface area contributed by atoms with Crippen molar-refractivity contribution in [3.05, 3.63) is 36.2 Å². The molecule has 0 aromatic carbocycles. The molecule has 4 heteroatoms. The molecule has 3 rings (SSSR count). The van der Waals surface area contributed by atoms with Crippen LogP contribution in [0.1, 0.15) is 25.3 Å². The SMILES string of the molecule is CC1(C)[C@H](C(=O)O)[C@H]1c1cnn2ccccc12. The molecule has 0 radical (unpaired) electrons. The van der Waals surface area contributed by atoms with Gasteiger partial charge in [-0.15, -0.1) is 0 Å². The molecule has 2 aromatic rings. The number of aromatic nitrogens is 2. The van der Waals surface area contributed by atoms with Gasteiger partial charge in [0, 0.05) is 17.7 Å². The van der Waals surface area contributed by atoms with E-state index in [9.17, 15) is 9.90 Å². The smallest absolute Gasteiger partial charge is 0.307 e. The van der Waals surface area contributed by atoms with Gasteiger partial charge in [0.2, 0.25) is 0 Å². The molecule has 2 atom stereocenters. The van der Waals surface area contributed by atoms with Gasteiger partial charge in [0.25, 0.3) is 0 Å². The number of carboxylic acid groups (broad SMARTS) is 1. The normalized spacial score (nSPS) is 26.0. The molecule has 17 heavy (non-hydrogen) atoms. The highest BCUT2D eigenvalue weighted by atomic mass is 16.4. The third kappa shape index (κ3) is 1.30. The first-order valence-corrected chi connectivity index (χ1v) is 5.68. The molecule has 1 N–H and O–H groups in total. The number of aliphatic carboxylic acids is 1. The van der Waals surface area contributed by atoms with Crippen LogP contribution in [-0.4, -0.2) is 20.7 Å². The van der Waals surface area contributed by atoms with E-state index in [1.807, 2.05) is 38.2 Å². The lowest BCUT2D eigenvalue weighted by Gasteiger charge is -2.00. The zero-order valence-electron chi connectivity index (χ0n) is 9.79. The Hall–Kier alpha value is -1.84. The highest BCUT2D eigenvalue weighted by molar-refractivity contribution is 5.79. The molecule has 1 fully saturated rings. The van der Waals surface area contributed by atoms with E-state index in [1.54, 1.807) is 10.7 Å². The number of hydrogen-bond donors (Lipinski definition) is 1. The summed E-state index contributed by atoms with van der Waals surface area (Å²) in [6.45, 7) is 4.01. The van der Waals surface area contributed by atoms with Crippen LogP contribution in [0.4, 0.5) is 0 Å². The molecule has 4 nitrogen and oxygen atoms in total. The molecule has 0 spiro atoms. The quantitative estimate of drug-likeness (QED) is 0.860. The minimum absolute atomic E-state index is 0.0694. The van der Waals surface area contributed by atoms with E-state index in [2.05, 4.69) is 5.10 Å². The van der Waals surface area contributed by atoms with Crippen molar-refractivity contribution in [2.75, 3.05) is 0 Å². The predicted octanol–water partition coefficient (Wildman–Crippen LogP) is 2.16. The lowest BCUT2D eigenvalue weighted by Crippen LogP contribution is -2.03. The second kappa shape index (κ2) is 3.09. The minimum atomic E-state index is -0.713. The van der Waals surface area contributed by atoms with Gasteiger partial charge < -0.3 is 5.11 Å². The molecule has 0 unspecified atom stereocenters. The summed E-state index contributed by atoms with van der Waals surface area (Å²) in [4.78, 5) is 11.2. The zero-order chi connectivity index (χ0) is 12.2. The van der Waals surface area contributed by atoms with Gasteiger partial charge in [0.1, 0.15) is 0 Å². The fraction of sp³-hybridized carbons (Fsp3) is 0.385. The third-order valence-electron chi connectivity index (χ3n) is 3.88. The van der Waals surface area contributed by atoms with Crippen LogP contribution < -0.4 is 0 Å². The van der Waals surface area contributed by atoms with Gasteiger partial charge in [-0.05, 0) is 17.5 Å². The maximum atomic E-state index is 11.2. The maximum absolute atomic E-state index is 11.2. The van der Waals surface area contributed by atoms with E-state index < -0.39 is 5.97 Å². The average Bonchev–Trinajstić information content (AvgIpc) is 2.68. The van der Waals surface area contributed by atoms with Crippen LogP contribution in [0.25, 0.3) is 5.52 Å². The number of hydrogen-bond acceptors (Lipinski definition) is 2. The maximum Gasteiger partial charge on any atom is 0.307 e. The largest absolute Gasteiger partial charge is 0.481 e. The first kappa shape index (κ1) is 10.3. The molecular weight excluding hydrogens is 216 g/mol. The van der Waals surface area contributed by atoms with Crippen molar-refractivity contribution in [2.45, 2.75) is 19.8 Å². The van der Waals surface area contributed by atoms with Crippen molar-refractivity contribution in [3.8, 4) is 0 Å². The first-order valence-electron chi connectivity index (χ1n) is 5.68. The summed E-state index contributed by atoms with van der Waals surface area (Å²) >= 11 is 0. The Balaban J connectivity index is 2.09. The second-order valence-electron chi connectivity index (χ2n) is 5.25. The predicted molar refractivity (Wildman–Crippen MR) is 62.8 cm³/mol. The highest BCUT2D eigenvalue weighted by Gasteiger charge is 2.63. The summed E-state index contributed by atoms with van der Waals surface area (Å²) in [6, 6.07) is 5.85. The van der Waals surface area contributed by atoms with E-state index in [1.165, 1.54) is 0 Å². The molecule has 88 valence electrons. The fourth-order valence-corrected chi connectivity index (χ4v) is 2.87. The molecule has 2 aromatic heterocycles. The first-order chi connectivity index (χ1) is 8.03. The monoisotopic (exact) mass is 230 g/mol. The lowest BCUT2D eigenvalue weighted by molar-refractivity contribution is -0.139. The van der Waals surface area contributed by atoms with Gasteiger partial charge in [-0.25, -0.2) is 4.52 Å². The number of fused-ring (bicyclic) bond motifs is 1. The summed E-state index contributed by atoms with van der Waals surface area (Å²) in [7, 11) is 0. The summed E-state index contributed by atoms with van der Waals surface area (Å²) in [5.41, 5.74) is 1.88. The topological polar surface area (TPSA) is 54.6 Å². The van der Waals surface area contributed by atoms with Crippen molar-refractivity contribution in [2.24, 2.45) is 11.3 Å². The Morgan fingerprint density at radius 3 is 2.88 bits per heavy atom. The standard InChI is InChI=1S/C13H14N2O2/c1-13(2)10(11(13)12(16)17)8-7-14-15-6-4-3-5-9(8)15/h3-7,10-11H,1-2H3,(H,16,17)/t10-,11+/m1/s1. The Bertz CT molecular complexity index is 600. The Morgan fingerprint density at radius 1 is 1.47 bits per heavy atom.